The normalized spacial score (nSPS) is 15.3. The Balaban J connectivity index is 1.75. The van der Waals surface area contributed by atoms with E-state index in [0.29, 0.717) is 48.2 Å². The van der Waals surface area contributed by atoms with Crippen molar-refractivity contribution in [1.29, 1.82) is 0 Å². The molecule has 8 heteroatoms. The van der Waals surface area contributed by atoms with Gasteiger partial charge >= 0.3 is 0 Å². The van der Waals surface area contributed by atoms with Gasteiger partial charge in [-0.2, -0.15) is 0 Å². The van der Waals surface area contributed by atoms with Crippen LogP contribution in [0.25, 0.3) is 0 Å². The number of anilines is 2. The summed E-state index contributed by atoms with van der Waals surface area (Å²) in [5.41, 5.74) is 1.50. The van der Waals surface area contributed by atoms with E-state index in [9.17, 15) is 9.59 Å². The van der Waals surface area contributed by atoms with Gasteiger partial charge in [0.2, 0.25) is 5.91 Å². The fraction of sp³-hybridized carbons (Fsp3) is 0.440. The molecular weight excluding hydrogens is 422 g/mol. The van der Waals surface area contributed by atoms with Gasteiger partial charge in [-0.15, -0.1) is 0 Å². The zero-order valence-electron chi connectivity index (χ0n) is 19.6. The molecule has 0 bridgehead atoms. The maximum atomic E-state index is 12.7. The highest BCUT2D eigenvalue weighted by atomic mass is 16.5. The number of likely N-dealkylation sites (N-methyl/N-ethyl adjacent to an activating group) is 1. The number of rotatable bonds is 11. The van der Waals surface area contributed by atoms with Crippen LogP contribution in [0.3, 0.4) is 0 Å². The molecule has 2 N–H and O–H groups in total. The molecule has 1 aliphatic rings. The molecule has 1 fully saturated rings. The Labute approximate surface area is 195 Å². The number of nitrogens with zero attached hydrogens (tertiary/aromatic N) is 1. The van der Waals surface area contributed by atoms with Crippen LogP contribution in [0.15, 0.2) is 42.5 Å². The predicted molar refractivity (Wildman–Crippen MR) is 128 cm³/mol. The van der Waals surface area contributed by atoms with Crippen LogP contribution >= 0.6 is 0 Å². The molecule has 2 aromatic rings. The lowest BCUT2D eigenvalue weighted by Gasteiger charge is -2.21. The van der Waals surface area contributed by atoms with Crippen LogP contribution in [0.1, 0.15) is 37.0 Å². The lowest BCUT2D eigenvalue weighted by atomic mass is 10.2. The molecule has 1 saturated heterocycles. The van der Waals surface area contributed by atoms with Gasteiger partial charge in [0.25, 0.3) is 5.91 Å². The van der Waals surface area contributed by atoms with Gasteiger partial charge in [0.15, 0.2) is 0 Å². The largest absolute Gasteiger partial charge is 0.492 e. The van der Waals surface area contributed by atoms with E-state index in [0.717, 1.165) is 19.4 Å². The molecule has 0 aromatic heterocycles. The van der Waals surface area contributed by atoms with Gasteiger partial charge in [-0.05, 0) is 45.9 Å². The van der Waals surface area contributed by atoms with E-state index in [2.05, 4.69) is 10.6 Å². The summed E-state index contributed by atoms with van der Waals surface area (Å²) < 4.78 is 17.2. The van der Waals surface area contributed by atoms with Crippen LogP contribution in [0, 0.1) is 0 Å². The molecule has 33 heavy (non-hydrogen) atoms. The van der Waals surface area contributed by atoms with E-state index >= 15 is 0 Å². The summed E-state index contributed by atoms with van der Waals surface area (Å²) in [6, 6.07) is 12.3. The number of ether oxygens (including phenoxy) is 3. The summed E-state index contributed by atoms with van der Waals surface area (Å²) in [4.78, 5) is 27.3. The molecule has 1 unspecified atom stereocenters. The van der Waals surface area contributed by atoms with Gasteiger partial charge in [0, 0.05) is 30.8 Å². The zero-order chi connectivity index (χ0) is 23.6. The Hall–Kier alpha value is -3.10. The van der Waals surface area contributed by atoms with Crippen LogP contribution in [0.4, 0.5) is 11.4 Å². The van der Waals surface area contributed by atoms with Crippen molar-refractivity contribution in [3.05, 3.63) is 48.0 Å². The molecule has 1 heterocycles. The zero-order valence-corrected chi connectivity index (χ0v) is 19.6. The highest BCUT2D eigenvalue weighted by Gasteiger charge is 2.20. The lowest BCUT2D eigenvalue weighted by Crippen LogP contribution is -2.35. The minimum atomic E-state index is -0.258. The van der Waals surface area contributed by atoms with E-state index in [1.165, 1.54) is 0 Å². The average molecular weight is 456 g/mol. The van der Waals surface area contributed by atoms with Crippen molar-refractivity contribution >= 4 is 23.2 Å². The Morgan fingerprint density at radius 1 is 1.03 bits per heavy atom. The summed E-state index contributed by atoms with van der Waals surface area (Å²) in [5, 5.41) is 5.81. The van der Waals surface area contributed by atoms with Crippen molar-refractivity contribution < 1.29 is 23.8 Å². The smallest absolute Gasteiger partial charge is 0.255 e. The molecule has 0 aliphatic carbocycles. The van der Waals surface area contributed by atoms with Crippen molar-refractivity contribution in [3.63, 3.8) is 0 Å². The third-order valence-electron chi connectivity index (χ3n) is 5.19. The quantitative estimate of drug-likeness (QED) is 0.536. The highest BCUT2D eigenvalue weighted by molar-refractivity contribution is 6.05. The maximum absolute atomic E-state index is 12.7. The molecule has 8 nitrogen and oxygen atoms in total. The Morgan fingerprint density at radius 2 is 1.67 bits per heavy atom. The summed E-state index contributed by atoms with van der Waals surface area (Å²) in [5.74, 6) is 0.485. The van der Waals surface area contributed by atoms with Gasteiger partial charge < -0.3 is 24.8 Å². The third kappa shape index (κ3) is 7.20. The number of carbonyl (C=O) groups is 2. The van der Waals surface area contributed by atoms with Crippen LogP contribution in [0.5, 0.6) is 11.5 Å². The highest BCUT2D eigenvalue weighted by Crippen LogP contribution is 2.37. The second-order valence-corrected chi connectivity index (χ2v) is 7.91. The van der Waals surface area contributed by atoms with E-state index in [1.807, 2.05) is 31.9 Å². The molecule has 0 saturated carbocycles. The number of hydrogen-bond acceptors (Lipinski definition) is 6. The molecule has 1 aliphatic heterocycles. The first-order valence-corrected chi connectivity index (χ1v) is 11.4. The number of amides is 2. The van der Waals surface area contributed by atoms with Crippen molar-refractivity contribution in [2.75, 3.05) is 50.6 Å². The summed E-state index contributed by atoms with van der Waals surface area (Å²) in [6.45, 7) is 6.25. The van der Waals surface area contributed by atoms with Gasteiger partial charge in [0.05, 0.1) is 37.2 Å². The first-order chi connectivity index (χ1) is 16.0. The average Bonchev–Trinajstić information content (AvgIpc) is 3.30. The van der Waals surface area contributed by atoms with Crippen LogP contribution in [0.2, 0.25) is 0 Å². The molecule has 178 valence electrons. The van der Waals surface area contributed by atoms with E-state index in [-0.39, 0.29) is 24.5 Å². The van der Waals surface area contributed by atoms with Crippen LogP contribution < -0.4 is 20.1 Å². The Kier molecular flexibility index (Phi) is 9.09. The monoisotopic (exact) mass is 455 g/mol. The SMILES string of the molecule is CCOc1cc(NC(=O)c2ccccc2)c(OCC)cc1NC(=O)CN(C)CC1CCCO1. The predicted octanol–water partition coefficient (Wildman–Crippen LogP) is 3.79. The fourth-order valence-electron chi connectivity index (χ4n) is 3.72. The van der Waals surface area contributed by atoms with Gasteiger partial charge in [-0.1, -0.05) is 18.2 Å². The van der Waals surface area contributed by atoms with Crippen LogP contribution in [-0.4, -0.2) is 62.8 Å². The van der Waals surface area contributed by atoms with Crippen molar-refractivity contribution in [3.8, 4) is 11.5 Å². The van der Waals surface area contributed by atoms with E-state index < -0.39 is 0 Å². The van der Waals surface area contributed by atoms with Crippen molar-refractivity contribution in [2.24, 2.45) is 0 Å². The molecule has 2 amide bonds. The van der Waals surface area contributed by atoms with Crippen molar-refractivity contribution in [2.45, 2.75) is 32.8 Å². The Morgan fingerprint density at radius 3 is 2.24 bits per heavy atom. The lowest BCUT2D eigenvalue weighted by molar-refractivity contribution is -0.117. The standard InChI is InChI=1S/C25H33N3O5/c1-4-31-22-15-21(27-25(30)18-10-7-6-8-11-18)23(32-5-2)14-20(22)26-24(29)17-28(3)16-19-12-9-13-33-19/h6-8,10-11,14-15,19H,4-5,9,12-13,16-17H2,1-3H3,(H,26,29)(H,27,30). The maximum Gasteiger partial charge on any atom is 0.255 e. The van der Waals surface area contributed by atoms with E-state index in [1.54, 1.807) is 36.4 Å². The number of hydrogen-bond donors (Lipinski definition) is 2. The minimum Gasteiger partial charge on any atom is -0.492 e. The summed E-state index contributed by atoms with van der Waals surface area (Å²) in [7, 11) is 1.90. The summed E-state index contributed by atoms with van der Waals surface area (Å²) in [6.07, 6.45) is 2.27. The molecule has 1 atom stereocenters. The van der Waals surface area contributed by atoms with Gasteiger partial charge in [-0.3, -0.25) is 14.5 Å². The molecule has 0 spiro atoms. The third-order valence-corrected chi connectivity index (χ3v) is 5.19. The van der Waals surface area contributed by atoms with Gasteiger partial charge in [-0.25, -0.2) is 0 Å². The second-order valence-electron chi connectivity index (χ2n) is 7.91. The minimum absolute atomic E-state index is 0.167. The number of carbonyl (C=O) groups excluding carboxylic acids is 2. The second kappa shape index (κ2) is 12.2. The first-order valence-electron chi connectivity index (χ1n) is 11.4. The van der Waals surface area contributed by atoms with E-state index in [4.69, 9.17) is 14.2 Å². The van der Waals surface area contributed by atoms with Crippen molar-refractivity contribution in [1.82, 2.24) is 4.90 Å². The summed E-state index contributed by atoms with van der Waals surface area (Å²) >= 11 is 0. The first kappa shape index (κ1) is 24.5. The molecule has 3 rings (SSSR count). The number of benzene rings is 2. The number of nitrogens with one attached hydrogen (secondary N) is 2. The molecular formula is C25H33N3O5. The Bertz CT molecular complexity index is 929. The molecule has 2 aromatic carbocycles. The van der Waals surface area contributed by atoms with Crippen LogP contribution in [-0.2, 0) is 9.53 Å². The fourth-order valence-corrected chi connectivity index (χ4v) is 3.72. The van der Waals surface area contributed by atoms with Gasteiger partial charge in [0.1, 0.15) is 11.5 Å². The topological polar surface area (TPSA) is 89.1 Å². The molecule has 0 radical (unpaired) electrons.